The van der Waals surface area contributed by atoms with E-state index in [1.807, 2.05) is 0 Å². The van der Waals surface area contributed by atoms with Crippen LogP contribution in [0.1, 0.15) is 16.7 Å². The molecule has 0 aliphatic carbocycles. The predicted molar refractivity (Wildman–Crippen MR) is 38.3 cm³/mol. The Bertz CT molecular complexity index is 273. The van der Waals surface area contributed by atoms with Gasteiger partial charge in [-0.05, 0) is 6.92 Å². The minimum atomic E-state index is -1.93. The molecule has 0 radical (unpaired) electrons. The van der Waals surface area contributed by atoms with Crippen LogP contribution in [0.5, 0.6) is 0 Å². The number of rotatable bonds is 2. The van der Waals surface area contributed by atoms with Crippen LogP contribution in [0.4, 0.5) is 4.39 Å². The van der Waals surface area contributed by atoms with E-state index in [1.54, 1.807) is 6.92 Å². The van der Waals surface area contributed by atoms with Crippen molar-refractivity contribution in [1.82, 2.24) is 4.98 Å². The van der Waals surface area contributed by atoms with Crippen molar-refractivity contribution < 1.29 is 14.3 Å². The second kappa shape index (κ2) is 2.96. The van der Waals surface area contributed by atoms with Gasteiger partial charge in [0.15, 0.2) is 0 Å². The van der Waals surface area contributed by atoms with E-state index in [0.717, 1.165) is 11.3 Å². The van der Waals surface area contributed by atoms with Crippen molar-refractivity contribution >= 4 is 17.3 Å². The van der Waals surface area contributed by atoms with Gasteiger partial charge in [-0.25, -0.2) is 14.2 Å². The fraction of sp³-hybridized carbons (Fsp3) is 0.333. The lowest BCUT2D eigenvalue weighted by Gasteiger charge is -1.98. The van der Waals surface area contributed by atoms with Crippen molar-refractivity contribution in [2.24, 2.45) is 0 Å². The highest BCUT2D eigenvalue weighted by Gasteiger charge is 2.22. The molecule has 1 aromatic heterocycles. The Balaban J connectivity index is 2.92. The highest BCUT2D eigenvalue weighted by molar-refractivity contribution is 7.09. The average Bonchev–Trinajstić information content (AvgIpc) is 2.33. The molecule has 60 valence electrons. The van der Waals surface area contributed by atoms with Gasteiger partial charge in [-0.2, -0.15) is 0 Å². The molecule has 1 atom stereocenters. The SMILES string of the molecule is Cc1ncsc1C(F)C(=O)O. The van der Waals surface area contributed by atoms with E-state index in [-0.39, 0.29) is 4.88 Å². The average molecular weight is 175 g/mol. The first-order chi connectivity index (χ1) is 5.13. The summed E-state index contributed by atoms with van der Waals surface area (Å²) < 4.78 is 12.7. The van der Waals surface area contributed by atoms with E-state index in [0.29, 0.717) is 5.69 Å². The Kier molecular flexibility index (Phi) is 2.19. The maximum absolute atomic E-state index is 12.7. The summed E-state index contributed by atoms with van der Waals surface area (Å²) in [6.07, 6.45) is -1.93. The normalized spacial score (nSPS) is 12.9. The van der Waals surface area contributed by atoms with Gasteiger partial charge in [0.05, 0.1) is 16.1 Å². The first-order valence-electron chi connectivity index (χ1n) is 2.89. The number of aryl methyl sites for hydroxylation is 1. The first kappa shape index (κ1) is 8.13. The highest BCUT2D eigenvalue weighted by Crippen LogP contribution is 2.24. The molecule has 0 aromatic carbocycles. The highest BCUT2D eigenvalue weighted by atomic mass is 32.1. The van der Waals surface area contributed by atoms with Gasteiger partial charge in [-0.15, -0.1) is 11.3 Å². The van der Waals surface area contributed by atoms with Gasteiger partial charge in [-0.3, -0.25) is 0 Å². The summed E-state index contributed by atoms with van der Waals surface area (Å²) in [5.41, 5.74) is 1.88. The minimum Gasteiger partial charge on any atom is -0.479 e. The van der Waals surface area contributed by atoms with E-state index in [4.69, 9.17) is 5.11 Å². The number of thiazole rings is 1. The number of aromatic nitrogens is 1. The van der Waals surface area contributed by atoms with Crippen LogP contribution in [0.15, 0.2) is 5.51 Å². The third-order valence-electron chi connectivity index (χ3n) is 1.23. The smallest absolute Gasteiger partial charge is 0.343 e. The summed E-state index contributed by atoms with van der Waals surface area (Å²) in [7, 11) is 0. The summed E-state index contributed by atoms with van der Waals surface area (Å²) in [6.45, 7) is 1.58. The second-order valence-corrected chi connectivity index (χ2v) is 2.89. The van der Waals surface area contributed by atoms with Crippen molar-refractivity contribution in [3.63, 3.8) is 0 Å². The number of aliphatic carboxylic acids is 1. The number of halogens is 1. The molecule has 1 N–H and O–H groups in total. The Morgan fingerprint density at radius 2 is 2.55 bits per heavy atom. The molecule has 1 unspecified atom stereocenters. The predicted octanol–water partition coefficient (Wildman–Crippen LogP) is 1.55. The number of hydrogen-bond acceptors (Lipinski definition) is 3. The third kappa shape index (κ3) is 1.54. The first-order valence-corrected chi connectivity index (χ1v) is 3.77. The summed E-state index contributed by atoms with van der Waals surface area (Å²) in [5, 5.41) is 8.28. The standard InChI is InChI=1S/C6H6FNO2S/c1-3-5(11-2-8-3)4(7)6(9)10/h2,4H,1H3,(H,9,10). The zero-order chi connectivity index (χ0) is 8.43. The lowest BCUT2D eigenvalue weighted by atomic mass is 10.3. The molecule has 1 heterocycles. The molecule has 0 saturated carbocycles. The number of hydrogen-bond donors (Lipinski definition) is 1. The van der Waals surface area contributed by atoms with Gasteiger partial charge in [0.25, 0.3) is 0 Å². The number of alkyl halides is 1. The van der Waals surface area contributed by atoms with Gasteiger partial charge in [-0.1, -0.05) is 0 Å². The van der Waals surface area contributed by atoms with Crippen molar-refractivity contribution in [2.45, 2.75) is 13.1 Å². The van der Waals surface area contributed by atoms with Crippen LogP contribution in [0.2, 0.25) is 0 Å². The summed E-state index contributed by atoms with van der Waals surface area (Å²) in [4.78, 5) is 14.1. The molecular weight excluding hydrogens is 169 g/mol. The van der Waals surface area contributed by atoms with Crippen molar-refractivity contribution in [1.29, 1.82) is 0 Å². The monoisotopic (exact) mass is 175 g/mol. The van der Waals surface area contributed by atoms with E-state index in [1.165, 1.54) is 5.51 Å². The minimum absolute atomic E-state index is 0.178. The molecule has 0 saturated heterocycles. The maximum Gasteiger partial charge on any atom is 0.343 e. The van der Waals surface area contributed by atoms with Crippen molar-refractivity contribution in [3.8, 4) is 0 Å². The fourth-order valence-electron chi connectivity index (χ4n) is 0.666. The van der Waals surface area contributed by atoms with Crippen LogP contribution in [-0.2, 0) is 4.79 Å². The number of nitrogens with zero attached hydrogens (tertiary/aromatic N) is 1. The molecule has 5 heteroatoms. The van der Waals surface area contributed by atoms with E-state index in [9.17, 15) is 9.18 Å². The van der Waals surface area contributed by atoms with E-state index >= 15 is 0 Å². The summed E-state index contributed by atoms with van der Waals surface area (Å²) >= 11 is 1.02. The van der Waals surface area contributed by atoms with Gasteiger partial charge in [0.2, 0.25) is 6.17 Å². The van der Waals surface area contributed by atoms with E-state index in [2.05, 4.69) is 4.98 Å². The number of carboxylic acid groups (broad SMARTS) is 1. The lowest BCUT2D eigenvalue weighted by Crippen LogP contribution is -2.05. The van der Waals surface area contributed by atoms with Crippen LogP contribution in [-0.4, -0.2) is 16.1 Å². The Morgan fingerprint density at radius 3 is 2.91 bits per heavy atom. The molecule has 0 amide bonds. The molecule has 0 spiro atoms. The quantitative estimate of drug-likeness (QED) is 0.741. The molecule has 0 bridgehead atoms. The zero-order valence-electron chi connectivity index (χ0n) is 5.74. The number of carbonyl (C=O) groups is 1. The number of carboxylic acids is 1. The van der Waals surface area contributed by atoms with E-state index < -0.39 is 12.1 Å². The van der Waals surface area contributed by atoms with Gasteiger partial charge < -0.3 is 5.11 Å². The Hall–Kier alpha value is -0.970. The molecule has 3 nitrogen and oxygen atoms in total. The summed E-state index contributed by atoms with van der Waals surface area (Å²) in [6, 6.07) is 0. The van der Waals surface area contributed by atoms with Crippen molar-refractivity contribution in [3.05, 3.63) is 16.1 Å². The van der Waals surface area contributed by atoms with Crippen molar-refractivity contribution in [2.75, 3.05) is 0 Å². The molecule has 0 aliphatic heterocycles. The summed E-state index contributed by atoms with van der Waals surface area (Å²) in [5.74, 6) is -1.46. The van der Waals surface area contributed by atoms with Crippen LogP contribution < -0.4 is 0 Å². The van der Waals surface area contributed by atoms with Crippen LogP contribution in [0.25, 0.3) is 0 Å². The zero-order valence-corrected chi connectivity index (χ0v) is 6.56. The third-order valence-corrected chi connectivity index (χ3v) is 2.20. The second-order valence-electron chi connectivity index (χ2n) is 2.00. The molecule has 1 rings (SSSR count). The molecule has 0 aliphatic rings. The topological polar surface area (TPSA) is 50.2 Å². The maximum atomic E-state index is 12.7. The lowest BCUT2D eigenvalue weighted by molar-refractivity contribution is -0.142. The van der Waals surface area contributed by atoms with Crippen LogP contribution >= 0.6 is 11.3 Å². The van der Waals surface area contributed by atoms with Gasteiger partial charge >= 0.3 is 5.97 Å². The molecular formula is C6H6FNO2S. The molecule has 1 aromatic rings. The largest absolute Gasteiger partial charge is 0.479 e. The molecule has 0 fully saturated rings. The molecule has 11 heavy (non-hydrogen) atoms. The Morgan fingerprint density at radius 1 is 1.91 bits per heavy atom. The van der Waals surface area contributed by atoms with Gasteiger partial charge in [0, 0.05) is 0 Å². The fourth-order valence-corrected chi connectivity index (χ4v) is 1.43. The van der Waals surface area contributed by atoms with Gasteiger partial charge in [0.1, 0.15) is 0 Å². The van der Waals surface area contributed by atoms with Crippen LogP contribution in [0, 0.1) is 6.92 Å². The van der Waals surface area contributed by atoms with Crippen LogP contribution in [0.3, 0.4) is 0 Å². The Labute approximate surface area is 66.5 Å².